The minimum Gasteiger partial charge on any atom is -0.289 e. The average Bonchev–Trinajstić information content (AvgIpc) is 2.31. The lowest BCUT2D eigenvalue weighted by atomic mass is 9.99. The van der Waals surface area contributed by atoms with Crippen LogP contribution in [0.1, 0.15) is 21.5 Å². The van der Waals surface area contributed by atoms with Crippen molar-refractivity contribution in [2.24, 2.45) is 0 Å². The van der Waals surface area contributed by atoms with E-state index in [1.807, 2.05) is 0 Å². The first-order chi connectivity index (χ1) is 8.49. The Morgan fingerprint density at radius 3 is 2.56 bits per heavy atom. The molecule has 92 valence electrons. The van der Waals surface area contributed by atoms with Crippen LogP contribution in [-0.2, 0) is 0 Å². The zero-order chi connectivity index (χ0) is 13.3. The molecule has 0 bridgehead atoms. The number of carbonyl (C=O) groups is 1. The van der Waals surface area contributed by atoms with Crippen molar-refractivity contribution >= 4 is 33.3 Å². The Hall–Kier alpha value is -1.19. The van der Waals surface area contributed by atoms with Crippen molar-refractivity contribution in [3.05, 3.63) is 68.4 Å². The monoisotopic (exact) mass is 326 g/mol. The predicted molar refractivity (Wildman–Crippen MR) is 73.7 cm³/mol. The van der Waals surface area contributed by atoms with Crippen LogP contribution >= 0.6 is 27.5 Å². The fourth-order valence-corrected chi connectivity index (χ4v) is 2.26. The largest absolute Gasteiger partial charge is 0.289 e. The molecule has 0 amide bonds. The number of ketones is 1. The van der Waals surface area contributed by atoms with Gasteiger partial charge in [0.25, 0.3) is 0 Å². The van der Waals surface area contributed by atoms with E-state index in [0.29, 0.717) is 21.7 Å². The highest BCUT2D eigenvalue weighted by Crippen LogP contribution is 2.25. The fourth-order valence-electron chi connectivity index (χ4n) is 1.70. The van der Waals surface area contributed by atoms with Crippen LogP contribution in [0.2, 0.25) is 5.02 Å². The van der Waals surface area contributed by atoms with Gasteiger partial charge in [-0.25, -0.2) is 4.39 Å². The van der Waals surface area contributed by atoms with E-state index in [1.54, 1.807) is 25.1 Å². The van der Waals surface area contributed by atoms with Gasteiger partial charge in [-0.15, -0.1) is 0 Å². The number of benzene rings is 2. The lowest BCUT2D eigenvalue weighted by Gasteiger charge is -2.07. The van der Waals surface area contributed by atoms with Crippen LogP contribution in [0.3, 0.4) is 0 Å². The van der Waals surface area contributed by atoms with Crippen molar-refractivity contribution in [1.29, 1.82) is 0 Å². The number of carbonyl (C=O) groups excluding carboxylic acids is 1. The summed E-state index contributed by atoms with van der Waals surface area (Å²) in [5.74, 6) is -0.566. The molecule has 0 unspecified atom stereocenters. The lowest BCUT2D eigenvalue weighted by Crippen LogP contribution is -2.05. The van der Waals surface area contributed by atoms with E-state index < -0.39 is 0 Å². The Bertz CT molecular complexity index is 625. The van der Waals surface area contributed by atoms with E-state index >= 15 is 0 Å². The minimum absolute atomic E-state index is 0.209. The Labute approximate surface area is 118 Å². The summed E-state index contributed by atoms with van der Waals surface area (Å²) in [6.07, 6.45) is 0. The van der Waals surface area contributed by atoms with E-state index in [9.17, 15) is 9.18 Å². The van der Waals surface area contributed by atoms with Crippen molar-refractivity contribution in [2.45, 2.75) is 6.92 Å². The molecule has 0 heterocycles. The van der Waals surface area contributed by atoms with Crippen molar-refractivity contribution < 1.29 is 9.18 Å². The molecule has 2 rings (SSSR count). The summed E-state index contributed by atoms with van der Waals surface area (Å²) in [4.78, 5) is 12.3. The van der Waals surface area contributed by atoms with Crippen LogP contribution in [0, 0.1) is 12.7 Å². The molecule has 0 atom stereocenters. The van der Waals surface area contributed by atoms with Gasteiger partial charge in [-0.1, -0.05) is 27.5 Å². The van der Waals surface area contributed by atoms with Crippen LogP contribution in [0.4, 0.5) is 4.39 Å². The molecule has 0 aliphatic heterocycles. The van der Waals surface area contributed by atoms with Crippen LogP contribution in [0.15, 0.2) is 40.9 Å². The minimum atomic E-state index is -0.357. The standard InChI is InChI=1S/C14H9BrClFO/c1-8-6-10(17)3-4-11(8)14(18)12-7-9(15)2-5-13(12)16/h2-7H,1H3. The molecule has 0 N–H and O–H groups in total. The van der Waals surface area contributed by atoms with Gasteiger partial charge in [0.2, 0.25) is 0 Å². The summed E-state index contributed by atoms with van der Waals surface area (Å²) in [6, 6.07) is 9.15. The van der Waals surface area contributed by atoms with E-state index in [-0.39, 0.29) is 11.6 Å². The molecule has 2 aromatic carbocycles. The summed E-state index contributed by atoms with van der Waals surface area (Å²) < 4.78 is 13.8. The van der Waals surface area contributed by atoms with Crippen LogP contribution in [0.25, 0.3) is 0 Å². The van der Waals surface area contributed by atoms with Crippen LogP contribution in [-0.4, -0.2) is 5.78 Å². The first-order valence-corrected chi connectivity index (χ1v) is 6.42. The maximum absolute atomic E-state index is 13.0. The third-order valence-corrected chi connectivity index (χ3v) is 3.43. The number of rotatable bonds is 2. The van der Waals surface area contributed by atoms with Crippen LogP contribution in [0.5, 0.6) is 0 Å². The SMILES string of the molecule is Cc1cc(F)ccc1C(=O)c1cc(Br)ccc1Cl. The van der Waals surface area contributed by atoms with Crippen LogP contribution < -0.4 is 0 Å². The number of aryl methyl sites for hydroxylation is 1. The highest BCUT2D eigenvalue weighted by molar-refractivity contribution is 9.10. The van der Waals surface area contributed by atoms with Gasteiger partial charge in [0.1, 0.15) is 5.82 Å². The number of hydrogen-bond donors (Lipinski definition) is 0. The van der Waals surface area contributed by atoms with Gasteiger partial charge in [0.05, 0.1) is 5.02 Å². The zero-order valence-electron chi connectivity index (χ0n) is 9.51. The average molecular weight is 328 g/mol. The third kappa shape index (κ3) is 2.62. The molecule has 0 spiro atoms. The molecule has 0 saturated heterocycles. The molecule has 0 saturated carbocycles. The van der Waals surface area contributed by atoms with E-state index in [4.69, 9.17) is 11.6 Å². The molecule has 0 fully saturated rings. The summed E-state index contributed by atoms with van der Waals surface area (Å²) in [5.41, 5.74) is 1.45. The second-order valence-electron chi connectivity index (χ2n) is 3.91. The Balaban J connectivity index is 2.51. The molecule has 0 aromatic heterocycles. The first-order valence-electron chi connectivity index (χ1n) is 5.25. The molecule has 1 nitrogen and oxygen atoms in total. The Morgan fingerprint density at radius 1 is 1.17 bits per heavy atom. The molecule has 0 radical (unpaired) electrons. The van der Waals surface area contributed by atoms with Crippen molar-refractivity contribution in [3.8, 4) is 0 Å². The molecule has 0 aliphatic rings. The zero-order valence-corrected chi connectivity index (χ0v) is 11.8. The van der Waals surface area contributed by atoms with E-state index in [1.165, 1.54) is 18.2 Å². The smallest absolute Gasteiger partial charge is 0.194 e. The van der Waals surface area contributed by atoms with Crippen molar-refractivity contribution in [2.75, 3.05) is 0 Å². The predicted octanol–water partition coefficient (Wildman–Crippen LogP) is 4.78. The Morgan fingerprint density at radius 2 is 1.89 bits per heavy atom. The van der Waals surface area contributed by atoms with Gasteiger partial charge in [0.15, 0.2) is 5.78 Å². The number of hydrogen-bond acceptors (Lipinski definition) is 1. The van der Waals surface area contributed by atoms with Gasteiger partial charge in [-0.3, -0.25) is 4.79 Å². The fraction of sp³-hybridized carbons (Fsp3) is 0.0714. The Kier molecular flexibility index (Phi) is 3.83. The van der Waals surface area contributed by atoms with Gasteiger partial charge in [-0.05, 0) is 48.9 Å². The van der Waals surface area contributed by atoms with Gasteiger partial charge < -0.3 is 0 Å². The van der Waals surface area contributed by atoms with Gasteiger partial charge >= 0.3 is 0 Å². The normalized spacial score (nSPS) is 10.4. The molecule has 0 aliphatic carbocycles. The molecule has 4 heteroatoms. The second-order valence-corrected chi connectivity index (χ2v) is 5.24. The summed E-state index contributed by atoms with van der Waals surface area (Å²) in [7, 11) is 0. The highest BCUT2D eigenvalue weighted by Gasteiger charge is 2.15. The summed E-state index contributed by atoms with van der Waals surface area (Å²) >= 11 is 9.31. The molecular weight excluding hydrogens is 319 g/mol. The topological polar surface area (TPSA) is 17.1 Å². The highest BCUT2D eigenvalue weighted by atomic mass is 79.9. The molecular formula is C14H9BrClFO. The molecule has 2 aromatic rings. The van der Waals surface area contributed by atoms with Gasteiger partial charge in [-0.2, -0.15) is 0 Å². The lowest BCUT2D eigenvalue weighted by molar-refractivity contribution is 0.103. The maximum atomic E-state index is 13.0. The quantitative estimate of drug-likeness (QED) is 0.725. The van der Waals surface area contributed by atoms with E-state index in [2.05, 4.69) is 15.9 Å². The maximum Gasteiger partial charge on any atom is 0.194 e. The first kappa shape index (κ1) is 13.2. The van der Waals surface area contributed by atoms with E-state index in [0.717, 1.165) is 4.47 Å². The second kappa shape index (κ2) is 5.21. The van der Waals surface area contributed by atoms with Gasteiger partial charge in [0, 0.05) is 15.6 Å². The summed E-state index contributed by atoms with van der Waals surface area (Å²) in [6.45, 7) is 1.70. The summed E-state index contributed by atoms with van der Waals surface area (Å²) in [5, 5.41) is 0.381. The van der Waals surface area contributed by atoms with Crippen molar-refractivity contribution in [1.82, 2.24) is 0 Å². The number of halogens is 3. The molecule has 18 heavy (non-hydrogen) atoms. The van der Waals surface area contributed by atoms with Crippen molar-refractivity contribution in [3.63, 3.8) is 0 Å². The third-order valence-electron chi connectivity index (χ3n) is 2.61.